The van der Waals surface area contributed by atoms with Gasteiger partial charge in [0.25, 0.3) is 0 Å². The minimum Gasteiger partial charge on any atom is -0.435 e. The number of rotatable bonds is 5. The van der Waals surface area contributed by atoms with E-state index >= 15 is 0 Å². The van der Waals surface area contributed by atoms with Crippen molar-refractivity contribution in [3.63, 3.8) is 0 Å². The number of thiophene rings is 1. The molecule has 54 heavy (non-hydrogen) atoms. The standard InChI is InChI=1S/C48H28N4OS/c1-2-11-33(12-3-1)48-49-40-26-24-31-14-9-17-36(43(31)44(40)53-48)30-20-22-32(23-21-30)45-50-46(34-25-27-42-39(28-34)37-16-6-7-19-41(37)54-42)52-47(51-45)38-18-8-13-29-10-4-5-15-35(29)38/h1-28H. The van der Waals surface area contributed by atoms with Gasteiger partial charge in [0.15, 0.2) is 23.1 Å². The van der Waals surface area contributed by atoms with Gasteiger partial charge in [-0.15, -0.1) is 11.3 Å². The van der Waals surface area contributed by atoms with Gasteiger partial charge in [0.05, 0.1) is 0 Å². The Labute approximate surface area is 313 Å². The summed E-state index contributed by atoms with van der Waals surface area (Å²) in [5.41, 5.74) is 7.53. The maximum Gasteiger partial charge on any atom is 0.227 e. The van der Waals surface area contributed by atoms with E-state index in [1.54, 1.807) is 11.3 Å². The molecule has 3 heterocycles. The minimum absolute atomic E-state index is 0.613. The molecule has 0 atom stereocenters. The second-order valence-corrected chi connectivity index (χ2v) is 14.5. The molecule has 6 heteroatoms. The predicted molar refractivity (Wildman–Crippen MR) is 222 cm³/mol. The van der Waals surface area contributed by atoms with Gasteiger partial charge in [-0.2, -0.15) is 0 Å². The molecule has 0 amide bonds. The molecule has 0 N–H and O–H groups in total. The SMILES string of the molecule is c1ccc(-c2nc3ccc4cccc(-c5ccc(-c6nc(-c7ccc8sc9ccccc9c8c7)nc(-c7cccc8ccccc78)n6)cc5)c4c3o2)cc1. The van der Waals surface area contributed by atoms with E-state index in [0.29, 0.717) is 23.4 Å². The summed E-state index contributed by atoms with van der Waals surface area (Å²) in [5, 5.41) is 6.82. The van der Waals surface area contributed by atoms with E-state index in [1.165, 1.54) is 20.2 Å². The summed E-state index contributed by atoms with van der Waals surface area (Å²) >= 11 is 1.81. The molecular weight excluding hydrogens is 681 g/mol. The van der Waals surface area contributed by atoms with Crippen LogP contribution in [0.15, 0.2) is 174 Å². The number of fused-ring (bicyclic) bond motifs is 7. The molecule has 0 spiro atoms. The van der Waals surface area contributed by atoms with Gasteiger partial charge in [-0.3, -0.25) is 0 Å². The van der Waals surface area contributed by atoms with Crippen LogP contribution in [0, 0.1) is 0 Å². The Balaban J connectivity index is 1.06. The molecule has 0 unspecified atom stereocenters. The lowest BCUT2D eigenvalue weighted by atomic mass is 9.96. The van der Waals surface area contributed by atoms with Gasteiger partial charge in [-0.1, -0.05) is 127 Å². The lowest BCUT2D eigenvalue weighted by molar-refractivity contribution is 0.623. The molecule has 0 aliphatic heterocycles. The van der Waals surface area contributed by atoms with Crippen molar-refractivity contribution in [2.75, 3.05) is 0 Å². The van der Waals surface area contributed by atoms with Crippen LogP contribution < -0.4 is 0 Å². The summed E-state index contributed by atoms with van der Waals surface area (Å²) in [7, 11) is 0. The first-order valence-electron chi connectivity index (χ1n) is 17.9. The number of nitrogens with zero attached hydrogens (tertiary/aromatic N) is 4. The van der Waals surface area contributed by atoms with Crippen molar-refractivity contribution in [3.05, 3.63) is 170 Å². The fraction of sp³-hybridized carbons (Fsp3) is 0. The van der Waals surface area contributed by atoms with Crippen LogP contribution in [0.3, 0.4) is 0 Å². The molecule has 0 fully saturated rings. The largest absolute Gasteiger partial charge is 0.435 e. The third-order valence-corrected chi connectivity index (χ3v) is 11.3. The van der Waals surface area contributed by atoms with Gasteiger partial charge in [0.1, 0.15) is 5.52 Å². The van der Waals surface area contributed by atoms with Gasteiger partial charge in [0, 0.05) is 47.8 Å². The van der Waals surface area contributed by atoms with E-state index in [-0.39, 0.29) is 0 Å². The number of aromatic nitrogens is 4. The molecule has 0 aliphatic rings. The van der Waals surface area contributed by atoms with Crippen LogP contribution in [-0.4, -0.2) is 19.9 Å². The molecule has 252 valence electrons. The zero-order chi connectivity index (χ0) is 35.6. The molecular formula is C48H28N4OS. The quantitative estimate of drug-likeness (QED) is 0.178. The molecule has 11 aromatic rings. The molecule has 8 aromatic carbocycles. The van der Waals surface area contributed by atoms with Crippen LogP contribution in [0.5, 0.6) is 0 Å². The van der Waals surface area contributed by atoms with Crippen molar-refractivity contribution in [3.8, 4) is 56.7 Å². The normalized spacial score (nSPS) is 11.7. The highest BCUT2D eigenvalue weighted by atomic mass is 32.1. The molecule has 0 saturated carbocycles. The molecule has 11 rings (SSSR count). The third-order valence-electron chi connectivity index (χ3n) is 10.2. The smallest absolute Gasteiger partial charge is 0.227 e. The Morgan fingerprint density at radius 1 is 0.389 bits per heavy atom. The first-order valence-corrected chi connectivity index (χ1v) is 18.7. The van der Waals surface area contributed by atoms with E-state index in [1.807, 2.05) is 36.4 Å². The topological polar surface area (TPSA) is 64.7 Å². The average Bonchev–Trinajstić information content (AvgIpc) is 3.85. The first kappa shape index (κ1) is 30.6. The Bertz CT molecular complexity index is 3220. The van der Waals surface area contributed by atoms with Crippen molar-refractivity contribution in [1.29, 1.82) is 0 Å². The number of hydrogen-bond acceptors (Lipinski definition) is 6. The maximum absolute atomic E-state index is 6.47. The predicted octanol–water partition coefficient (Wildman–Crippen LogP) is 13.0. The summed E-state index contributed by atoms with van der Waals surface area (Å²) in [4.78, 5) is 20.3. The number of benzene rings is 8. The second kappa shape index (κ2) is 12.3. The lowest BCUT2D eigenvalue weighted by Crippen LogP contribution is -2.00. The van der Waals surface area contributed by atoms with E-state index in [0.717, 1.165) is 66.0 Å². The monoisotopic (exact) mass is 708 g/mol. The van der Waals surface area contributed by atoms with Gasteiger partial charge in [-0.05, 0) is 69.8 Å². The Kier molecular flexibility index (Phi) is 6.97. The van der Waals surface area contributed by atoms with Crippen LogP contribution in [-0.2, 0) is 0 Å². The van der Waals surface area contributed by atoms with Crippen molar-refractivity contribution >= 4 is 64.2 Å². The second-order valence-electron chi connectivity index (χ2n) is 13.4. The van der Waals surface area contributed by atoms with Crippen molar-refractivity contribution < 1.29 is 4.42 Å². The third kappa shape index (κ3) is 5.07. The maximum atomic E-state index is 6.47. The molecule has 0 aliphatic carbocycles. The summed E-state index contributed by atoms with van der Waals surface area (Å²) < 4.78 is 8.98. The van der Waals surface area contributed by atoms with E-state index < -0.39 is 0 Å². The van der Waals surface area contributed by atoms with Gasteiger partial charge < -0.3 is 4.42 Å². The molecule has 0 saturated heterocycles. The van der Waals surface area contributed by atoms with Gasteiger partial charge in [0.2, 0.25) is 5.89 Å². The summed E-state index contributed by atoms with van der Waals surface area (Å²) in [6, 6.07) is 58.8. The Morgan fingerprint density at radius 2 is 1.04 bits per heavy atom. The number of oxazole rings is 1. The first-order chi connectivity index (χ1) is 26.7. The molecule has 0 radical (unpaired) electrons. The fourth-order valence-corrected chi connectivity index (χ4v) is 8.63. The Morgan fingerprint density at radius 3 is 1.91 bits per heavy atom. The van der Waals surface area contributed by atoms with E-state index in [4.69, 9.17) is 24.4 Å². The highest BCUT2D eigenvalue weighted by Crippen LogP contribution is 2.39. The van der Waals surface area contributed by atoms with Crippen LogP contribution in [0.1, 0.15) is 0 Å². The van der Waals surface area contributed by atoms with Gasteiger partial charge >= 0.3 is 0 Å². The molecule has 5 nitrogen and oxygen atoms in total. The highest BCUT2D eigenvalue weighted by Gasteiger charge is 2.18. The fourth-order valence-electron chi connectivity index (χ4n) is 7.54. The summed E-state index contributed by atoms with van der Waals surface area (Å²) in [5.74, 6) is 2.51. The van der Waals surface area contributed by atoms with Crippen LogP contribution >= 0.6 is 11.3 Å². The van der Waals surface area contributed by atoms with Crippen molar-refractivity contribution in [2.45, 2.75) is 0 Å². The average molecular weight is 709 g/mol. The summed E-state index contributed by atoms with van der Waals surface area (Å²) in [6.07, 6.45) is 0. The molecule has 0 bridgehead atoms. The summed E-state index contributed by atoms with van der Waals surface area (Å²) in [6.45, 7) is 0. The zero-order valence-corrected chi connectivity index (χ0v) is 29.6. The van der Waals surface area contributed by atoms with Crippen LogP contribution in [0.2, 0.25) is 0 Å². The van der Waals surface area contributed by atoms with Crippen LogP contribution in [0.4, 0.5) is 0 Å². The van der Waals surface area contributed by atoms with Crippen molar-refractivity contribution in [1.82, 2.24) is 19.9 Å². The minimum atomic E-state index is 0.613. The van der Waals surface area contributed by atoms with Crippen molar-refractivity contribution in [2.24, 2.45) is 0 Å². The van der Waals surface area contributed by atoms with Crippen LogP contribution in [0.25, 0.3) is 110 Å². The van der Waals surface area contributed by atoms with E-state index in [2.05, 4.69) is 133 Å². The number of hydrogen-bond donors (Lipinski definition) is 0. The highest BCUT2D eigenvalue weighted by molar-refractivity contribution is 7.25. The Hall–Kier alpha value is -7.02. The van der Waals surface area contributed by atoms with E-state index in [9.17, 15) is 0 Å². The lowest BCUT2D eigenvalue weighted by Gasteiger charge is -2.11. The molecule has 3 aromatic heterocycles. The zero-order valence-electron chi connectivity index (χ0n) is 28.8. The van der Waals surface area contributed by atoms with Gasteiger partial charge in [-0.25, -0.2) is 19.9 Å².